The monoisotopic (exact) mass is 451 g/mol. The first kappa shape index (κ1) is 20.9. The van der Waals surface area contributed by atoms with E-state index in [0.29, 0.717) is 0 Å². The van der Waals surface area contributed by atoms with Crippen LogP contribution in [-0.4, -0.2) is 32.0 Å². The third-order valence-corrected chi connectivity index (χ3v) is 6.55. The Bertz CT molecular complexity index is 1260. The molecule has 168 valence electrons. The number of benzene rings is 2. The van der Waals surface area contributed by atoms with E-state index in [2.05, 4.69) is 15.3 Å². The Morgan fingerprint density at radius 1 is 1.09 bits per heavy atom. The fourth-order valence-corrected chi connectivity index (χ4v) is 4.84. The molecule has 1 aromatic heterocycles. The lowest BCUT2D eigenvalue weighted by atomic mass is 9.68. The zero-order chi connectivity index (χ0) is 23.1. The highest BCUT2D eigenvalue weighted by Crippen LogP contribution is 2.65. The zero-order valence-corrected chi connectivity index (χ0v) is 16.8. The lowest BCUT2D eigenvalue weighted by Gasteiger charge is -2.46. The molecule has 1 spiro atoms. The van der Waals surface area contributed by atoms with Crippen molar-refractivity contribution in [3.63, 3.8) is 0 Å². The van der Waals surface area contributed by atoms with Crippen molar-refractivity contribution < 1.29 is 32.2 Å². The van der Waals surface area contributed by atoms with E-state index in [1.165, 1.54) is 12.3 Å². The first-order valence-electron chi connectivity index (χ1n) is 9.96. The lowest BCUT2D eigenvalue weighted by Crippen LogP contribution is -2.57. The first-order chi connectivity index (χ1) is 15.0. The molecule has 3 aromatic rings. The van der Waals surface area contributed by atoms with Crippen molar-refractivity contribution in [2.45, 2.75) is 49.4 Å². The van der Waals surface area contributed by atoms with Gasteiger partial charge in [-0.1, -0.05) is 6.07 Å². The number of alkyl halides is 3. The Balaban J connectivity index is 1.73. The highest BCUT2D eigenvalue weighted by molar-refractivity contribution is 5.91. The number of aliphatic hydroxyl groups is 1. The molecular formula is C22H18F5N3O2. The number of aryl methyl sites for hydroxylation is 1. The van der Waals surface area contributed by atoms with Crippen molar-refractivity contribution in [1.29, 1.82) is 0 Å². The van der Waals surface area contributed by atoms with Crippen molar-refractivity contribution in [3.8, 4) is 5.75 Å². The van der Waals surface area contributed by atoms with Crippen LogP contribution in [0.2, 0.25) is 0 Å². The molecule has 2 aliphatic carbocycles. The van der Waals surface area contributed by atoms with Gasteiger partial charge in [0.1, 0.15) is 17.2 Å². The van der Waals surface area contributed by atoms with Crippen molar-refractivity contribution in [3.05, 3.63) is 59.0 Å². The third-order valence-electron chi connectivity index (χ3n) is 6.55. The van der Waals surface area contributed by atoms with Gasteiger partial charge in [0.15, 0.2) is 17.2 Å². The Morgan fingerprint density at radius 2 is 1.78 bits per heavy atom. The highest BCUT2D eigenvalue weighted by Gasteiger charge is 2.68. The SMILES string of the molecule is Cc1ncc2c(N[C@H]3c4ccc(F)c(O)c4C4(CC4)C[C@@]3(O)C(F)(F)F)ccc(F)c2n1. The molecule has 10 heteroatoms. The van der Waals surface area contributed by atoms with Crippen LogP contribution in [0.25, 0.3) is 10.9 Å². The van der Waals surface area contributed by atoms with Gasteiger partial charge < -0.3 is 15.5 Å². The van der Waals surface area contributed by atoms with E-state index in [0.717, 1.165) is 18.2 Å². The van der Waals surface area contributed by atoms with Gasteiger partial charge >= 0.3 is 6.18 Å². The number of rotatable bonds is 2. The second-order valence-electron chi connectivity index (χ2n) is 8.59. The molecule has 0 radical (unpaired) electrons. The Hall–Kier alpha value is -3.01. The summed E-state index contributed by atoms with van der Waals surface area (Å²) in [7, 11) is 0. The maximum Gasteiger partial charge on any atom is 0.419 e. The van der Waals surface area contributed by atoms with Gasteiger partial charge in [0.25, 0.3) is 0 Å². The number of anilines is 1. The van der Waals surface area contributed by atoms with Crippen molar-refractivity contribution >= 4 is 16.6 Å². The van der Waals surface area contributed by atoms with Gasteiger partial charge in [-0.3, -0.25) is 0 Å². The molecule has 2 aromatic carbocycles. The summed E-state index contributed by atoms with van der Waals surface area (Å²) in [6.45, 7) is 1.55. The second kappa shape index (κ2) is 6.50. The molecule has 1 saturated carbocycles. The highest BCUT2D eigenvalue weighted by atomic mass is 19.4. The summed E-state index contributed by atoms with van der Waals surface area (Å²) in [5.41, 5.74) is -4.38. The predicted octanol–water partition coefficient (Wildman–Crippen LogP) is 4.80. The minimum atomic E-state index is -5.04. The summed E-state index contributed by atoms with van der Waals surface area (Å²) in [5.74, 6) is -2.05. The molecule has 5 rings (SSSR count). The first-order valence-corrected chi connectivity index (χ1v) is 9.96. The van der Waals surface area contributed by atoms with E-state index in [1.807, 2.05) is 0 Å². The maximum absolute atomic E-state index is 14.3. The molecule has 32 heavy (non-hydrogen) atoms. The molecule has 2 aliphatic rings. The van der Waals surface area contributed by atoms with Gasteiger partial charge in [-0.05, 0) is 49.9 Å². The summed E-state index contributed by atoms with van der Waals surface area (Å²) < 4.78 is 71.2. The number of hydrogen-bond acceptors (Lipinski definition) is 5. The van der Waals surface area contributed by atoms with E-state index in [1.54, 1.807) is 6.92 Å². The molecule has 1 heterocycles. The van der Waals surface area contributed by atoms with Crippen molar-refractivity contribution in [2.75, 3.05) is 5.32 Å². The Morgan fingerprint density at radius 3 is 2.44 bits per heavy atom. The minimum absolute atomic E-state index is 0.0574. The molecule has 0 aliphatic heterocycles. The van der Waals surface area contributed by atoms with Crippen molar-refractivity contribution in [1.82, 2.24) is 9.97 Å². The third kappa shape index (κ3) is 2.85. The Kier molecular flexibility index (Phi) is 4.24. The van der Waals surface area contributed by atoms with Gasteiger partial charge in [0.2, 0.25) is 0 Å². The maximum atomic E-state index is 14.3. The minimum Gasteiger partial charge on any atom is -0.505 e. The van der Waals surface area contributed by atoms with Gasteiger partial charge in [-0.15, -0.1) is 0 Å². The molecule has 0 unspecified atom stereocenters. The summed E-state index contributed by atoms with van der Waals surface area (Å²) in [6.07, 6.45) is -3.92. The zero-order valence-electron chi connectivity index (χ0n) is 16.8. The smallest absolute Gasteiger partial charge is 0.419 e. The molecule has 2 atom stereocenters. The van der Waals surface area contributed by atoms with Gasteiger partial charge in [0.05, 0.1) is 6.04 Å². The summed E-state index contributed by atoms with van der Waals surface area (Å²) in [6, 6.07) is 2.52. The van der Waals surface area contributed by atoms with E-state index in [-0.39, 0.29) is 46.4 Å². The van der Waals surface area contributed by atoms with E-state index in [4.69, 9.17) is 0 Å². The number of aromatic nitrogens is 2. The summed E-state index contributed by atoms with van der Waals surface area (Å²) in [4.78, 5) is 8.02. The number of nitrogens with one attached hydrogen (secondary N) is 1. The molecule has 0 amide bonds. The van der Waals surface area contributed by atoms with Gasteiger partial charge in [-0.2, -0.15) is 13.2 Å². The Labute approximate surface area is 178 Å². The second-order valence-corrected chi connectivity index (χ2v) is 8.59. The number of nitrogens with zero attached hydrogens (tertiary/aromatic N) is 2. The molecule has 1 fully saturated rings. The van der Waals surface area contributed by atoms with Crippen LogP contribution in [-0.2, 0) is 5.41 Å². The van der Waals surface area contributed by atoms with E-state index < -0.39 is 47.0 Å². The predicted molar refractivity (Wildman–Crippen MR) is 105 cm³/mol. The van der Waals surface area contributed by atoms with Crippen molar-refractivity contribution in [2.24, 2.45) is 0 Å². The van der Waals surface area contributed by atoms with Crippen LogP contribution in [0.1, 0.15) is 42.3 Å². The average molecular weight is 451 g/mol. The molecule has 0 bridgehead atoms. The number of halogens is 5. The number of hydrogen-bond donors (Lipinski definition) is 3. The van der Waals surface area contributed by atoms with Crippen LogP contribution in [0.3, 0.4) is 0 Å². The quantitative estimate of drug-likeness (QED) is 0.488. The topological polar surface area (TPSA) is 78.3 Å². The van der Waals surface area contributed by atoms with E-state index >= 15 is 0 Å². The summed E-state index contributed by atoms with van der Waals surface area (Å²) >= 11 is 0. The molecule has 3 N–H and O–H groups in total. The molecule has 5 nitrogen and oxygen atoms in total. The normalized spacial score (nSPS) is 23.9. The standard InChI is InChI=1S/C22H18F5N3O2/c1-10-28-8-12-15(5-4-13(23)17(12)29-10)30-19-11-2-3-14(24)18(31)16(11)20(6-7-20)9-21(19,32)22(25,26)27/h2-5,8,19,30-32H,6-7,9H2,1H3/t19-,21-/m0/s1. The lowest BCUT2D eigenvalue weighted by molar-refractivity contribution is -0.274. The molecular weight excluding hydrogens is 433 g/mol. The fourth-order valence-electron chi connectivity index (χ4n) is 4.84. The average Bonchev–Trinajstić information content (AvgIpc) is 3.47. The number of fused-ring (bicyclic) bond motifs is 3. The van der Waals surface area contributed by atoms with Crippen LogP contribution in [0, 0.1) is 18.6 Å². The largest absolute Gasteiger partial charge is 0.505 e. The van der Waals surface area contributed by atoms with Gasteiger partial charge in [-0.25, -0.2) is 18.7 Å². The number of phenols is 1. The fraction of sp³-hybridized carbons (Fsp3) is 0.364. The van der Waals surface area contributed by atoms with Crippen LogP contribution >= 0.6 is 0 Å². The molecule has 0 saturated heterocycles. The summed E-state index contributed by atoms with van der Waals surface area (Å²) in [5, 5.41) is 24.2. The van der Waals surface area contributed by atoms with E-state index in [9.17, 15) is 32.2 Å². The number of phenolic OH excluding ortho intramolecular Hbond substituents is 1. The van der Waals surface area contributed by atoms with Crippen LogP contribution in [0.4, 0.5) is 27.6 Å². The van der Waals surface area contributed by atoms with Crippen LogP contribution in [0.15, 0.2) is 30.5 Å². The van der Waals surface area contributed by atoms with Gasteiger partial charge in [0, 0.05) is 28.2 Å². The van der Waals surface area contributed by atoms with Crippen LogP contribution in [0.5, 0.6) is 5.75 Å². The number of aromatic hydroxyl groups is 1. The van der Waals surface area contributed by atoms with Crippen LogP contribution < -0.4 is 5.32 Å².